The number of ketones is 1. The highest BCUT2D eigenvalue weighted by Crippen LogP contribution is 2.23. The van der Waals surface area contributed by atoms with E-state index in [0.29, 0.717) is 0 Å². The van der Waals surface area contributed by atoms with Gasteiger partial charge >= 0.3 is 0 Å². The Bertz CT molecular complexity index is 377. The van der Waals surface area contributed by atoms with Crippen LogP contribution in [0.25, 0.3) is 0 Å². The first-order chi connectivity index (χ1) is 10.1. The fraction of sp³-hybridized carbons (Fsp3) is 0.917. The quantitative estimate of drug-likeness (QED) is 0.234. The molecular formula is C12H22O10. The van der Waals surface area contributed by atoms with Crippen LogP contribution >= 0.6 is 0 Å². The summed E-state index contributed by atoms with van der Waals surface area (Å²) in [5.74, 6) is -1.25. The third-order valence-electron chi connectivity index (χ3n) is 3.68. The smallest absolute Gasteiger partial charge is 0.195 e. The second-order valence-electron chi connectivity index (χ2n) is 5.31. The molecule has 1 fully saturated rings. The van der Waals surface area contributed by atoms with Crippen molar-refractivity contribution in [1.82, 2.24) is 0 Å². The molecule has 22 heavy (non-hydrogen) atoms. The van der Waals surface area contributed by atoms with Crippen LogP contribution in [0.2, 0.25) is 0 Å². The maximum Gasteiger partial charge on any atom is 0.195 e. The maximum atomic E-state index is 12.0. The van der Waals surface area contributed by atoms with E-state index in [0.717, 1.165) is 0 Å². The lowest BCUT2D eigenvalue weighted by molar-refractivity contribution is -0.221. The Hall–Kier alpha value is -0.690. The zero-order valence-corrected chi connectivity index (χ0v) is 11.8. The van der Waals surface area contributed by atoms with Crippen molar-refractivity contribution in [3.63, 3.8) is 0 Å². The molecule has 0 aromatic heterocycles. The molecule has 0 aromatic carbocycles. The molecule has 1 rings (SSSR count). The topological polar surface area (TPSA) is 188 Å². The zero-order chi connectivity index (χ0) is 17.2. The average Bonchev–Trinajstić information content (AvgIpc) is 2.52. The number of aliphatic hydroxyl groups is 8. The zero-order valence-electron chi connectivity index (χ0n) is 11.8. The Kier molecular flexibility index (Phi) is 6.80. The molecule has 1 aliphatic rings. The molecule has 0 bridgehead atoms. The fourth-order valence-corrected chi connectivity index (χ4v) is 2.15. The van der Waals surface area contributed by atoms with E-state index < -0.39 is 67.3 Å². The number of aliphatic hydroxyl groups excluding tert-OH is 8. The summed E-state index contributed by atoms with van der Waals surface area (Å²) < 4.78 is 5.01. The molecule has 0 spiro atoms. The minimum absolute atomic E-state index is 0.913. The summed E-state index contributed by atoms with van der Waals surface area (Å²) >= 11 is 0. The van der Waals surface area contributed by atoms with Crippen LogP contribution in [0.5, 0.6) is 0 Å². The first-order valence-corrected chi connectivity index (χ1v) is 6.70. The van der Waals surface area contributed by atoms with Crippen LogP contribution in [0.4, 0.5) is 0 Å². The number of carbonyl (C=O) groups is 1. The van der Waals surface area contributed by atoms with Crippen molar-refractivity contribution in [2.24, 2.45) is 0 Å². The number of hydrogen-bond donors (Lipinski definition) is 8. The van der Waals surface area contributed by atoms with Gasteiger partial charge in [-0.15, -0.1) is 0 Å². The number of hydrogen-bond acceptors (Lipinski definition) is 10. The van der Waals surface area contributed by atoms with E-state index in [1.54, 1.807) is 0 Å². The number of ether oxygens (including phenoxy) is 1. The van der Waals surface area contributed by atoms with E-state index in [1.165, 1.54) is 6.92 Å². The van der Waals surface area contributed by atoms with E-state index in [4.69, 9.17) is 9.84 Å². The fourth-order valence-electron chi connectivity index (χ4n) is 2.15. The standard InChI is InChI=1S/C12H22O10/c1-3-5(15)7(17)10(20)12(22-3)11(21)9(19)8(18)6(16)4(14)2-13/h3-10,12-20H,2H2,1H3/t3-,4-,5+,6+,7+,8+,9-,10-,12?/m1/s1. The average molecular weight is 326 g/mol. The van der Waals surface area contributed by atoms with E-state index in [-0.39, 0.29) is 0 Å². The molecule has 1 heterocycles. The van der Waals surface area contributed by atoms with Crippen molar-refractivity contribution in [3.8, 4) is 0 Å². The van der Waals surface area contributed by atoms with Crippen molar-refractivity contribution in [2.75, 3.05) is 6.61 Å². The molecule has 10 nitrogen and oxygen atoms in total. The van der Waals surface area contributed by atoms with Gasteiger partial charge in [0.15, 0.2) is 5.78 Å². The van der Waals surface area contributed by atoms with Crippen LogP contribution in [0.15, 0.2) is 0 Å². The molecular weight excluding hydrogens is 304 g/mol. The minimum atomic E-state index is -2.24. The summed E-state index contributed by atoms with van der Waals surface area (Å²) in [6, 6.07) is 0. The first kappa shape index (κ1) is 19.4. The molecule has 10 heteroatoms. The van der Waals surface area contributed by atoms with Crippen molar-refractivity contribution < 1.29 is 50.4 Å². The molecule has 130 valence electrons. The predicted octanol–water partition coefficient (Wildman–Crippen LogP) is -5.14. The van der Waals surface area contributed by atoms with Gasteiger partial charge in [-0.3, -0.25) is 4.79 Å². The molecule has 9 atom stereocenters. The van der Waals surface area contributed by atoms with Crippen molar-refractivity contribution >= 4 is 5.78 Å². The SMILES string of the molecule is C[C@H]1OC(C(=O)[C@H](O)[C@@H](O)[C@@H](O)[C@H](O)CO)[C@H](O)[C@@H](O)[C@H]1O. The number of rotatable bonds is 6. The van der Waals surface area contributed by atoms with Gasteiger partial charge in [0.2, 0.25) is 0 Å². The third-order valence-corrected chi connectivity index (χ3v) is 3.68. The largest absolute Gasteiger partial charge is 0.394 e. The van der Waals surface area contributed by atoms with Crippen LogP contribution in [-0.2, 0) is 9.53 Å². The van der Waals surface area contributed by atoms with Gasteiger partial charge in [-0.1, -0.05) is 0 Å². The van der Waals surface area contributed by atoms with Crippen LogP contribution in [0, 0.1) is 0 Å². The van der Waals surface area contributed by atoms with Gasteiger partial charge in [-0.05, 0) is 6.92 Å². The molecule has 0 saturated carbocycles. The monoisotopic (exact) mass is 326 g/mol. The first-order valence-electron chi connectivity index (χ1n) is 6.70. The summed E-state index contributed by atoms with van der Waals surface area (Å²) in [4.78, 5) is 12.0. The van der Waals surface area contributed by atoms with Crippen molar-refractivity contribution in [1.29, 1.82) is 0 Å². The van der Waals surface area contributed by atoms with Crippen LogP contribution in [-0.4, -0.2) is 108 Å². The molecule has 8 N–H and O–H groups in total. The predicted molar refractivity (Wildman–Crippen MR) is 68.5 cm³/mol. The van der Waals surface area contributed by atoms with Gasteiger partial charge < -0.3 is 45.6 Å². The lowest BCUT2D eigenvalue weighted by Crippen LogP contribution is -2.62. The highest BCUT2D eigenvalue weighted by Gasteiger charge is 2.48. The second kappa shape index (κ2) is 7.73. The Balaban J connectivity index is 2.81. The Morgan fingerprint density at radius 3 is 2.05 bits per heavy atom. The summed E-state index contributed by atoms with van der Waals surface area (Å²) in [5, 5.41) is 75.4. The number of carbonyl (C=O) groups excluding carboxylic acids is 1. The van der Waals surface area contributed by atoms with Crippen molar-refractivity contribution in [3.05, 3.63) is 0 Å². The van der Waals surface area contributed by atoms with Crippen LogP contribution in [0.1, 0.15) is 6.92 Å². The van der Waals surface area contributed by atoms with Gasteiger partial charge in [0.05, 0.1) is 12.7 Å². The van der Waals surface area contributed by atoms with E-state index in [9.17, 15) is 40.5 Å². The maximum absolute atomic E-state index is 12.0. The molecule has 0 amide bonds. The van der Waals surface area contributed by atoms with Gasteiger partial charge in [0, 0.05) is 0 Å². The van der Waals surface area contributed by atoms with Crippen LogP contribution in [0.3, 0.4) is 0 Å². The molecule has 0 aliphatic carbocycles. The van der Waals surface area contributed by atoms with Gasteiger partial charge in [-0.2, -0.15) is 0 Å². The van der Waals surface area contributed by atoms with Gasteiger partial charge in [0.25, 0.3) is 0 Å². The summed E-state index contributed by atoms with van der Waals surface area (Å²) in [7, 11) is 0. The molecule has 1 saturated heterocycles. The molecule has 1 aliphatic heterocycles. The Morgan fingerprint density at radius 2 is 1.55 bits per heavy atom. The van der Waals surface area contributed by atoms with E-state index >= 15 is 0 Å². The lowest BCUT2D eigenvalue weighted by Gasteiger charge is -2.39. The third kappa shape index (κ3) is 3.79. The lowest BCUT2D eigenvalue weighted by atomic mass is 9.89. The molecule has 0 aromatic rings. The molecule has 0 radical (unpaired) electrons. The van der Waals surface area contributed by atoms with E-state index in [1.807, 2.05) is 0 Å². The van der Waals surface area contributed by atoms with Crippen molar-refractivity contribution in [2.45, 2.75) is 61.9 Å². The normalized spacial score (nSPS) is 38.1. The summed E-state index contributed by atoms with van der Waals surface area (Å²) in [6.45, 7) is 0.414. The minimum Gasteiger partial charge on any atom is -0.394 e. The Morgan fingerprint density at radius 1 is 1.00 bits per heavy atom. The van der Waals surface area contributed by atoms with Gasteiger partial charge in [-0.25, -0.2) is 0 Å². The molecule has 1 unspecified atom stereocenters. The Labute approximate surface area is 125 Å². The highest BCUT2D eigenvalue weighted by atomic mass is 16.5. The van der Waals surface area contributed by atoms with Gasteiger partial charge in [0.1, 0.15) is 48.8 Å². The van der Waals surface area contributed by atoms with E-state index in [2.05, 4.69) is 0 Å². The summed E-state index contributed by atoms with van der Waals surface area (Å²) in [5.41, 5.74) is 0. The second-order valence-corrected chi connectivity index (χ2v) is 5.31. The highest BCUT2D eigenvalue weighted by molar-refractivity contribution is 5.88. The number of Topliss-reactive ketones (excluding diaryl/α,β-unsaturated/α-hetero) is 1. The summed E-state index contributed by atoms with van der Waals surface area (Å²) in [6.07, 6.45) is -16.0. The van der Waals surface area contributed by atoms with Crippen LogP contribution < -0.4 is 0 Å².